The van der Waals surface area contributed by atoms with Crippen LogP contribution in [0.1, 0.15) is 36.0 Å². The quantitative estimate of drug-likeness (QED) is 0.854. The number of amides is 1. The third kappa shape index (κ3) is 2.69. The van der Waals surface area contributed by atoms with Gasteiger partial charge in [0.2, 0.25) is 0 Å². The van der Waals surface area contributed by atoms with Crippen LogP contribution in [0.25, 0.3) is 0 Å². The number of carbonyl (C=O) groups excluding carboxylic acids is 1. The summed E-state index contributed by atoms with van der Waals surface area (Å²) in [5, 5.41) is 12.6. The molecule has 0 aromatic carbocycles. The van der Waals surface area contributed by atoms with E-state index in [9.17, 15) is 9.59 Å². The summed E-state index contributed by atoms with van der Waals surface area (Å²) in [7, 11) is 0. The van der Waals surface area contributed by atoms with E-state index in [4.69, 9.17) is 9.63 Å². The number of aromatic nitrogens is 1. The molecule has 0 bridgehead atoms. The Bertz CT molecular complexity index is 464. The lowest BCUT2D eigenvalue weighted by molar-refractivity contribution is -0.141. The summed E-state index contributed by atoms with van der Waals surface area (Å²) >= 11 is 0. The van der Waals surface area contributed by atoms with Crippen molar-refractivity contribution < 1.29 is 19.2 Å². The van der Waals surface area contributed by atoms with Gasteiger partial charge < -0.3 is 14.5 Å². The first-order valence-corrected chi connectivity index (χ1v) is 5.96. The summed E-state index contributed by atoms with van der Waals surface area (Å²) < 4.78 is 4.87. The van der Waals surface area contributed by atoms with Gasteiger partial charge in [0.15, 0.2) is 5.69 Å². The predicted molar refractivity (Wildman–Crippen MR) is 62.1 cm³/mol. The molecule has 1 saturated carbocycles. The van der Waals surface area contributed by atoms with E-state index < -0.39 is 11.9 Å². The van der Waals surface area contributed by atoms with Crippen LogP contribution < -0.4 is 0 Å². The largest absolute Gasteiger partial charge is 0.481 e. The zero-order valence-electron chi connectivity index (χ0n) is 10.4. The molecule has 6 heteroatoms. The average molecular weight is 252 g/mol. The molecule has 6 nitrogen and oxygen atoms in total. The Morgan fingerprint density at radius 2 is 2.28 bits per heavy atom. The van der Waals surface area contributed by atoms with Gasteiger partial charge >= 0.3 is 5.97 Å². The van der Waals surface area contributed by atoms with Crippen molar-refractivity contribution in [3.05, 3.63) is 17.5 Å². The second kappa shape index (κ2) is 4.80. The Balaban J connectivity index is 2.10. The van der Waals surface area contributed by atoms with Gasteiger partial charge in [-0.3, -0.25) is 9.59 Å². The highest BCUT2D eigenvalue weighted by molar-refractivity contribution is 5.93. The number of hydrogen-bond acceptors (Lipinski definition) is 4. The Morgan fingerprint density at radius 3 is 2.72 bits per heavy atom. The molecular weight excluding hydrogens is 236 g/mol. The number of aryl methyl sites for hydroxylation is 1. The Morgan fingerprint density at radius 1 is 1.61 bits per heavy atom. The smallest absolute Gasteiger partial charge is 0.308 e. The number of carboxylic acids is 1. The van der Waals surface area contributed by atoms with Crippen molar-refractivity contribution in [3.8, 4) is 0 Å². The second-order valence-electron chi connectivity index (χ2n) is 4.75. The SMILES string of the molecule is Cc1cc(C(=O)N(CC(C)C(=O)O)C2CC2)no1. The van der Waals surface area contributed by atoms with Crippen LogP contribution >= 0.6 is 0 Å². The molecular formula is C12H16N2O4. The lowest BCUT2D eigenvalue weighted by atomic mass is 10.1. The predicted octanol–water partition coefficient (Wildman–Crippen LogP) is 1.31. The van der Waals surface area contributed by atoms with Gasteiger partial charge in [-0.15, -0.1) is 0 Å². The summed E-state index contributed by atoms with van der Waals surface area (Å²) in [6.45, 7) is 3.52. The van der Waals surface area contributed by atoms with Crippen molar-refractivity contribution in [3.63, 3.8) is 0 Å². The molecule has 1 aliphatic rings. The molecule has 0 saturated heterocycles. The molecule has 0 radical (unpaired) electrons. The van der Waals surface area contributed by atoms with Gasteiger partial charge in [0.25, 0.3) is 5.91 Å². The standard InChI is InChI=1S/C12H16N2O4/c1-7(12(16)17)6-14(9-3-4-9)11(15)10-5-8(2)18-13-10/h5,7,9H,3-4,6H2,1-2H3,(H,16,17). The number of carbonyl (C=O) groups is 2. The normalized spacial score (nSPS) is 16.3. The van der Waals surface area contributed by atoms with Crippen LogP contribution in [-0.2, 0) is 4.79 Å². The van der Waals surface area contributed by atoms with Crippen molar-refractivity contribution in [2.24, 2.45) is 5.92 Å². The summed E-state index contributed by atoms with van der Waals surface area (Å²) in [5.74, 6) is -1.16. The van der Waals surface area contributed by atoms with Crippen LogP contribution in [0.15, 0.2) is 10.6 Å². The summed E-state index contributed by atoms with van der Waals surface area (Å²) in [6.07, 6.45) is 1.85. The van der Waals surface area contributed by atoms with Crippen LogP contribution in [0.4, 0.5) is 0 Å². The molecule has 18 heavy (non-hydrogen) atoms. The topological polar surface area (TPSA) is 83.6 Å². The van der Waals surface area contributed by atoms with E-state index in [0.717, 1.165) is 12.8 Å². The van der Waals surface area contributed by atoms with Gasteiger partial charge in [0, 0.05) is 18.7 Å². The van der Waals surface area contributed by atoms with E-state index in [1.54, 1.807) is 24.8 Å². The molecule has 1 heterocycles. The Labute approximate surface area is 105 Å². The second-order valence-corrected chi connectivity index (χ2v) is 4.75. The van der Waals surface area contributed by atoms with E-state index >= 15 is 0 Å². The first-order chi connectivity index (χ1) is 8.49. The Kier molecular flexibility index (Phi) is 3.36. The maximum atomic E-state index is 12.2. The highest BCUT2D eigenvalue weighted by Crippen LogP contribution is 2.29. The summed E-state index contributed by atoms with van der Waals surface area (Å²) in [4.78, 5) is 24.7. The monoisotopic (exact) mass is 252 g/mol. The molecule has 1 N–H and O–H groups in total. The molecule has 1 atom stereocenters. The third-order valence-corrected chi connectivity index (χ3v) is 2.99. The number of carboxylic acid groups (broad SMARTS) is 1. The van der Waals surface area contributed by atoms with Gasteiger partial charge in [0.1, 0.15) is 5.76 Å². The van der Waals surface area contributed by atoms with Crippen molar-refractivity contribution in [1.29, 1.82) is 0 Å². The Hall–Kier alpha value is -1.85. The van der Waals surface area contributed by atoms with Gasteiger partial charge in [0.05, 0.1) is 5.92 Å². The lowest BCUT2D eigenvalue weighted by Crippen LogP contribution is -2.38. The van der Waals surface area contributed by atoms with Gasteiger partial charge in [-0.05, 0) is 19.8 Å². The maximum Gasteiger partial charge on any atom is 0.308 e. The minimum Gasteiger partial charge on any atom is -0.481 e. The molecule has 2 rings (SSSR count). The van der Waals surface area contributed by atoms with E-state index in [-0.39, 0.29) is 24.2 Å². The molecule has 1 aromatic rings. The molecule has 1 unspecified atom stereocenters. The number of hydrogen-bond donors (Lipinski definition) is 1. The molecule has 98 valence electrons. The molecule has 0 aliphatic heterocycles. The first-order valence-electron chi connectivity index (χ1n) is 5.96. The van der Waals surface area contributed by atoms with Crippen molar-refractivity contribution >= 4 is 11.9 Å². The van der Waals surface area contributed by atoms with Crippen LogP contribution in [0.2, 0.25) is 0 Å². The maximum absolute atomic E-state index is 12.2. The fourth-order valence-electron chi connectivity index (χ4n) is 1.77. The first kappa shape index (κ1) is 12.6. The van der Waals surface area contributed by atoms with Crippen molar-refractivity contribution in [2.75, 3.05) is 6.54 Å². The van der Waals surface area contributed by atoms with E-state index in [0.29, 0.717) is 5.76 Å². The molecule has 1 amide bonds. The third-order valence-electron chi connectivity index (χ3n) is 2.99. The van der Waals surface area contributed by atoms with E-state index in [2.05, 4.69) is 5.16 Å². The highest BCUT2D eigenvalue weighted by atomic mass is 16.5. The van der Waals surface area contributed by atoms with Gasteiger partial charge in [-0.2, -0.15) is 0 Å². The molecule has 1 aromatic heterocycles. The molecule has 1 fully saturated rings. The summed E-state index contributed by atoms with van der Waals surface area (Å²) in [5.41, 5.74) is 0.247. The van der Waals surface area contributed by atoms with Crippen LogP contribution in [0, 0.1) is 12.8 Å². The number of aliphatic carboxylic acids is 1. The fourth-order valence-corrected chi connectivity index (χ4v) is 1.77. The zero-order valence-corrected chi connectivity index (χ0v) is 10.4. The van der Waals surface area contributed by atoms with Gasteiger partial charge in [-0.1, -0.05) is 12.1 Å². The highest BCUT2D eigenvalue weighted by Gasteiger charge is 2.35. The van der Waals surface area contributed by atoms with Gasteiger partial charge in [-0.25, -0.2) is 0 Å². The number of nitrogens with zero attached hydrogens (tertiary/aromatic N) is 2. The minimum atomic E-state index is -0.898. The lowest BCUT2D eigenvalue weighted by Gasteiger charge is -2.23. The van der Waals surface area contributed by atoms with Crippen molar-refractivity contribution in [1.82, 2.24) is 10.1 Å². The molecule has 1 aliphatic carbocycles. The summed E-state index contributed by atoms with van der Waals surface area (Å²) in [6, 6.07) is 1.72. The van der Waals surface area contributed by atoms with Crippen LogP contribution in [0.5, 0.6) is 0 Å². The van der Waals surface area contributed by atoms with E-state index in [1.807, 2.05) is 0 Å². The number of rotatable bonds is 5. The average Bonchev–Trinajstić information content (AvgIpc) is 3.07. The molecule has 0 spiro atoms. The zero-order chi connectivity index (χ0) is 13.3. The van der Waals surface area contributed by atoms with Crippen LogP contribution in [0.3, 0.4) is 0 Å². The van der Waals surface area contributed by atoms with Crippen molar-refractivity contribution in [2.45, 2.75) is 32.7 Å². The minimum absolute atomic E-state index is 0.149. The van der Waals surface area contributed by atoms with Crippen LogP contribution in [-0.4, -0.2) is 39.6 Å². The fraction of sp³-hybridized carbons (Fsp3) is 0.583. The van der Waals surface area contributed by atoms with E-state index in [1.165, 1.54) is 0 Å².